The van der Waals surface area contributed by atoms with E-state index in [1.807, 2.05) is 0 Å². The molecule has 44 heavy (non-hydrogen) atoms. The molecule has 0 saturated carbocycles. The van der Waals surface area contributed by atoms with Crippen molar-refractivity contribution in [3.63, 3.8) is 0 Å². The number of carbonyl (C=O) groups is 1. The molecular weight excluding hydrogens is 591 g/mol. The molecule has 3 heterocycles. The number of carbonyl (C=O) groups excluding carboxylic acids is 1. The molecule has 1 aromatic heterocycles. The zero-order valence-electron chi connectivity index (χ0n) is 23.8. The van der Waals surface area contributed by atoms with Gasteiger partial charge < -0.3 is 4.90 Å². The van der Waals surface area contributed by atoms with Gasteiger partial charge in [-0.05, 0) is 73.5 Å². The molecule has 2 N–H and O–H groups in total. The summed E-state index contributed by atoms with van der Waals surface area (Å²) in [6.45, 7) is 1.17. The number of piperidine rings is 1. The van der Waals surface area contributed by atoms with Gasteiger partial charge in [-0.15, -0.1) is 0 Å². The molecule has 12 heteroatoms. The minimum atomic E-state index is -3.77. The molecule has 1 amide bonds. The monoisotopic (exact) mass is 623 g/mol. The Kier molecular flexibility index (Phi) is 8.08. The average molecular weight is 624 g/mol. The van der Waals surface area contributed by atoms with E-state index in [0.29, 0.717) is 49.4 Å². The lowest BCUT2D eigenvalue weighted by Crippen LogP contribution is -2.35. The summed E-state index contributed by atoms with van der Waals surface area (Å²) < 4.78 is 68.9. The smallest absolute Gasteiger partial charge is 0.273 e. The standard InChI is InChI=1S/C32H32F3N5O3S/c33-25-8-10-26(11-9-25)40-30(24-14-16-38(17-15-24)19-22-6-12-27(13-7-22)44(36,42)43)28(18-37-40)31(41)39-20-29(32(34,35)21-39)23-4-2-1-3-5-23/h1-13,18,24,29H,14-17,19-21H2,(H2,36,42,43)/t29-/m0/s1. The Labute approximate surface area is 253 Å². The van der Waals surface area contributed by atoms with Crippen molar-refractivity contribution in [2.24, 2.45) is 5.14 Å². The number of primary sulfonamides is 1. The minimum Gasteiger partial charge on any atom is -0.332 e. The van der Waals surface area contributed by atoms with Gasteiger partial charge >= 0.3 is 0 Å². The highest BCUT2D eigenvalue weighted by atomic mass is 32.2. The van der Waals surface area contributed by atoms with Gasteiger partial charge in [0.1, 0.15) is 5.82 Å². The van der Waals surface area contributed by atoms with Crippen LogP contribution in [0.5, 0.6) is 0 Å². The maximum absolute atomic E-state index is 15.2. The highest BCUT2D eigenvalue weighted by molar-refractivity contribution is 7.89. The number of halogens is 3. The average Bonchev–Trinajstić information content (AvgIpc) is 3.59. The number of nitrogens with two attached hydrogens (primary N) is 1. The topological polar surface area (TPSA) is 102 Å². The number of nitrogens with zero attached hydrogens (tertiary/aromatic N) is 4. The zero-order valence-corrected chi connectivity index (χ0v) is 24.6. The van der Waals surface area contributed by atoms with Crippen LogP contribution < -0.4 is 5.14 Å². The lowest BCUT2D eigenvalue weighted by Gasteiger charge is -2.33. The number of rotatable bonds is 7. The van der Waals surface area contributed by atoms with Crippen LogP contribution in [-0.4, -0.2) is 66.0 Å². The normalized spacial score (nSPS) is 19.4. The van der Waals surface area contributed by atoms with E-state index in [0.717, 1.165) is 5.56 Å². The molecule has 6 rings (SSSR count). The molecule has 0 aliphatic carbocycles. The second kappa shape index (κ2) is 11.8. The van der Waals surface area contributed by atoms with Crippen LogP contribution in [0.1, 0.15) is 51.9 Å². The van der Waals surface area contributed by atoms with Crippen molar-refractivity contribution < 1.29 is 26.4 Å². The summed E-state index contributed by atoms with van der Waals surface area (Å²) in [5, 5.41) is 9.70. The quantitative estimate of drug-likeness (QED) is 0.315. The Balaban J connectivity index is 1.24. The van der Waals surface area contributed by atoms with Crippen molar-refractivity contribution >= 4 is 15.9 Å². The largest absolute Gasteiger partial charge is 0.332 e. The molecule has 0 bridgehead atoms. The molecule has 2 aliphatic rings. The zero-order chi connectivity index (χ0) is 31.1. The summed E-state index contributed by atoms with van der Waals surface area (Å²) in [4.78, 5) is 17.4. The number of sulfonamides is 1. The van der Waals surface area contributed by atoms with Crippen LogP contribution in [0.15, 0.2) is 90.0 Å². The van der Waals surface area contributed by atoms with Gasteiger partial charge in [-0.2, -0.15) is 5.10 Å². The summed E-state index contributed by atoms with van der Waals surface area (Å²) in [5.74, 6) is -5.19. The molecule has 230 valence electrons. The fourth-order valence-electron chi connectivity index (χ4n) is 6.25. The van der Waals surface area contributed by atoms with Crippen LogP contribution in [0.2, 0.25) is 0 Å². The van der Waals surface area contributed by atoms with Crippen LogP contribution >= 0.6 is 0 Å². The Morgan fingerprint density at radius 1 is 0.955 bits per heavy atom. The SMILES string of the molecule is NS(=O)(=O)c1ccc(CN2CCC(c3c(C(=O)N4C[C@@H](c5ccccc5)C(F)(F)C4)cnn3-c3ccc(F)cc3)CC2)cc1. The van der Waals surface area contributed by atoms with Crippen LogP contribution in [0.25, 0.3) is 5.69 Å². The number of likely N-dealkylation sites (tertiary alicyclic amines) is 2. The summed E-state index contributed by atoms with van der Waals surface area (Å²) >= 11 is 0. The maximum Gasteiger partial charge on any atom is 0.273 e. The van der Waals surface area contributed by atoms with Crippen LogP contribution in [0.3, 0.4) is 0 Å². The number of hydrogen-bond acceptors (Lipinski definition) is 5. The fraction of sp³-hybridized carbons (Fsp3) is 0.312. The third-order valence-electron chi connectivity index (χ3n) is 8.54. The molecule has 0 radical (unpaired) electrons. The summed E-state index contributed by atoms with van der Waals surface area (Å²) in [6.07, 6.45) is 2.78. The van der Waals surface area contributed by atoms with E-state index in [4.69, 9.17) is 5.14 Å². The lowest BCUT2D eigenvalue weighted by molar-refractivity contribution is -0.00244. The lowest BCUT2D eigenvalue weighted by atomic mass is 9.90. The predicted molar refractivity (Wildman–Crippen MR) is 159 cm³/mol. The highest BCUT2D eigenvalue weighted by Crippen LogP contribution is 2.41. The molecule has 0 spiro atoms. The highest BCUT2D eigenvalue weighted by Gasteiger charge is 2.50. The van der Waals surface area contributed by atoms with Gasteiger partial charge in [-0.3, -0.25) is 9.69 Å². The number of amides is 1. The van der Waals surface area contributed by atoms with E-state index in [2.05, 4.69) is 10.00 Å². The Bertz CT molecular complexity index is 1740. The van der Waals surface area contributed by atoms with Crippen molar-refractivity contribution in [1.82, 2.24) is 19.6 Å². The Morgan fingerprint density at radius 2 is 1.61 bits per heavy atom. The molecule has 0 unspecified atom stereocenters. The van der Waals surface area contributed by atoms with Crippen molar-refractivity contribution in [2.45, 2.75) is 42.0 Å². The van der Waals surface area contributed by atoms with Gasteiger partial charge in [-0.25, -0.2) is 31.4 Å². The van der Waals surface area contributed by atoms with Crippen LogP contribution in [0, 0.1) is 5.82 Å². The second-order valence-corrected chi connectivity index (χ2v) is 13.0. The molecule has 2 aliphatic heterocycles. The van der Waals surface area contributed by atoms with Gasteiger partial charge in [0.05, 0.1) is 40.5 Å². The molecule has 3 aromatic carbocycles. The van der Waals surface area contributed by atoms with Crippen molar-refractivity contribution in [2.75, 3.05) is 26.2 Å². The third kappa shape index (κ3) is 6.15. The Morgan fingerprint density at radius 3 is 2.25 bits per heavy atom. The van der Waals surface area contributed by atoms with Crippen LogP contribution in [0.4, 0.5) is 13.2 Å². The first-order valence-corrected chi connectivity index (χ1v) is 15.9. The number of benzene rings is 3. The molecule has 2 fully saturated rings. The van der Waals surface area contributed by atoms with E-state index < -0.39 is 40.1 Å². The van der Waals surface area contributed by atoms with Gasteiger partial charge in [0, 0.05) is 19.0 Å². The fourth-order valence-corrected chi connectivity index (χ4v) is 6.77. The third-order valence-corrected chi connectivity index (χ3v) is 9.47. The van der Waals surface area contributed by atoms with Gasteiger partial charge in [0.25, 0.3) is 11.8 Å². The molecule has 1 atom stereocenters. The van der Waals surface area contributed by atoms with E-state index in [1.165, 1.54) is 35.4 Å². The van der Waals surface area contributed by atoms with Crippen molar-refractivity contribution in [3.05, 3.63) is 113 Å². The molecule has 2 saturated heterocycles. The number of aromatic nitrogens is 2. The minimum absolute atomic E-state index is 0.0528. The number of hydrogen-bond donors (Lipinski definition) is 1. The van der Waals surface area contributed by atoms with Crippen LogP contribution in [-0.2, 0) is 16.6 Å². The summed E-state index contributed by atoms with van der Waals surface area (Å²) in [7, 11) is -3.77. The Hall–Kier alpha value is -4.00. The second-order valence-electron chi connectivity index (χ2n) is 11.5. The van der Waals surface area contributed by atoms with E-state index in [1.54, 1.807) is 59.3 Å². The number of alkyl halides is 2. The van der Waals surface area contributed by atoms with E-state index in [-0.39, 0.29) is 22.9 Å². The molecule has 8 nitrogen and oxygen atoms in total. The van der Waals surface area contributed by atoms with Gasteiger partial charge in [-0.1, -0.05) is 42.5 Å². The predicted octanol–water partition coefficient (Wildman–Crippen LogP) is 4.91. The first-order chi connectivity index (χ1) is 21.0. The van der Waals surface area contributed by atoms with Crippen molar-refractivity contribution in [3.8, 4) is 5.69 Å². The van der Waals surface area contributed by atoms with E-state index in [9.17, 15) is 17.6 Å². The molecular formula is C32H32F3N5O3S. The first kappa shape index (κ1) is 30.0. The van der Waals surface area contributed by atoms with Gasteiger partial charge in [0.15, 0.2) is 0 Å². The van der Waals surface area contributed by atoms with Gasteiger partial charge in [0.2, 0.25) is 10.0 Å². The summed E-state index contributed by atoms with van der Waals surface area (Å²) in [6, 6.07) is 20.8. The van der Waals surface area contributed by atoms with E-state index >= 15 is 8.78 Å². The van der Waals surface area contributed by atoms with Crippen molar-refractivity contribution in [1.29, 1.82) is 0 Å². The molecule has 4 aromatic rings. The maximum atomic E-state index is 15.2. The first-order valence-electron chi connectivity index (χ1n) is 14.4. The summed E-state index contributed by atoms with van der Waals surface area (Å²) in [5.41, 5.74) is 2.90.